The molecule has 2 aliphatic heterocycles. The van der Waals surface area contributed by atoms with Crippen LogP contribution in [0.3, 0.4) is 0 Å². The van der Waals surface area contributed by atoms with Crippen molar-refractivity contribution in [1.29, 1.82) is 0 Å². The molecule has 0 bridgehead atoms. The first kappa shape index (κ1) is 18.2. The van der Waals surface area contributed by atoms with Crippen molar-refractivity contribution in [2.75, 3.05) is 7.11 Å². The summed E-state index contributed by atoms with van der Waals surface area (Å²) in [5, 5.41) is 0. The lowest BCUT2D eigenvalue weighted by Gasteiger charge is -2.60. The van der Waals surface area contributed by atoms with Crippen LogP contribution in [0.5, 0.6) is 5.75 Å². The van der Waals surface area contributed by atoms with Crippen molar-refractivity contribution in [2.45, 2.75) is 64.0 Å². The fraction of sp³-hybridized carbons (Fsp3) is 0.440. The summed E-state index contributed by atoms with van der Waals surface area (Å²) in [6, 6.07) is 7.02. The highest BCUT2D eigenvalue weighted by Crippen LogP contribution is 2.54. The Morgan fingerprint density at radius 2 is 2.04 bits per heavy atom. The third-order valence-electron chi connectivity index (χ3n) is 6.93. The maximum absolute atomic E-state index is 5.57. The number of hydrogen-bond acceptors (Lipinski definition) is 2. The zero-order valence-electron chi connectivity index (χ0n) is 17.3. The number of rotatable bonds is 3. The van der Waals surface area contributed by atoms with E-state index in [4.69, 9.17) is 4.74 Å². The van der Waals surface area contributed by atoms with Gasteiger partial charge in [0.05, 0.1) is 18.7 Å². The van der Waals surface area contributed by atoms with E-state index in [2.05, 4.69) is 87.3 Å². The zero-order valence-corrected chi connectivity index (χ0v) is 17.3. The molecule has 0 saturated heterocycles. The minimum Gasteiger partial charge on any atom is -0.497 e. The number of ether oxygens (including phenoxy) is 1. The van der Waals surface area contributed by atoms with Crippen molar-refractivity contribution in [3.05, 3.63) is 71.4 Å². The Morgan fingerprint density at radius 1 is 1.22 bits per heavy atom. The molecule has 1 aliphatic carbocycles. The average Bonchev–Trinajstić information content (AvgIpc) is 2.69. The molecule has 0 aromatic heterocycles. The summed E-state index contributed by atoms with van der Waals surface area (Å²) >= 11 is 0. The van der Waals surface area contributed by atoms with Crippen LogP contribution in [0.25, 0.3) is 5.70 Å². The van der Waals surface area contributed by atoms with Crippen LogP contribution in [0.1, 0.15) is 58.1 Å². The second kappa shape index (κ2) is 6.44. The Bertz CT molecular complexity index is 870. The Labute approximate surface area is 163 Å². The van der Waals surface area contributed by atoms with Crippen molar-refractivity contribution in [3.8, 4) is 5.75 Å². The van der Waals surface area contributed by atoms with Crippen LogP contribution >= 0.6 is 0 Å². The van der Waals surface area contributed by atoms with Crippen LogP contribution in [0, 0.1) is 0 Å². The molecule has 2 heterocycles. The summed E-state index contributed by atoms with van der Waals surface area (Å²) in [6.07, 6.45) is 17.4. The van der Waals surface area contributed by atoms with Crippen LogP contribution in [-0.4, -0.2) is 23.6 Å². The van der Waals surface area contributed by atoms with Gasteiger partial charge in [0.15, 0.2) is 0 Å². The highest BCUT2D eigenvalue weighted by atomic mass is 16.5. The van der Waals surface area contributed by atoms with Gasteiger partial charge in [-0.15, -0.1) is 0 Å². The maximum atomic E-state index is 5.57. The van der Waals surface area contributed by atoms with Crippen molar-refractivity contribution in [3.63, 3.8) is 0 Å². The monoisotopic (exact) mass is 361 g/mol. The second-order valence-electron chi connectivity index (χ2n) is 8.58. The van der Waals surface area contributed by atoms with Gasteiger partial charge < -0.3 is 9.64 Å². The highest BCUT2D eigenvalue weighted by molar-refractivity contribution is 5.77. The molecule has 0 amide bonds. The van der Waals surface area contributed by atoms with Gasteiger partial charge in [-0.25, -0.2) is 0 Å². The van der Waals surface area contributed by atoms with Gasteiger partial charge in [-0.05, 0) is 61.6 Å². The Morgan fingerprint density at radius 3 is 2.78 bits per heavy atom. The fourth-order valence-electron chi connectivity index (χ4n) is 5.01. The third kappa shape index (κ3) is 2.53. The normalized spacial score (nSPS) is 28.2. The predicted octanol–water partition coefficient (Wildman–Crippen LogP) is 6.01. The molecule has 142 valence electrons. The average molecular weight is 362 g/mol. The molecule has 2 atom stereocenters. The van der Waals surface area contributed by atoms with Crippen molar-refractivity contribution < 1.29 is 4.74 Å². The molecule has 2 heteroatoms. The summed E-state index contributed by atoms with van der Waals surface area (Å²) < 4.78 is 5.57. The van der Waals surface area contributed by atoms with Gasteiger partial charge in [0, 0.05) is 16.7 Å². The lowest BCUT2D eigenvalue weighted by molar-refractivity contribution is 0.0975. The van der Waals surface area contributed by atoms with E-state index in [-0.39, 0.29) is 11.0 Å². The standard InChI is InChI=1S/C25H31NO/c1-6-7-16-25(4)24(2,3)21-17-19(27-5)13-14-20(21)23-15-12-18-10-8-9-11-22(18)26(23)25/h7-8,10,12-17,22H,6,9,11H2,1-5H3. The van der Waals surface area contributed by atoms with Gasteiger partial charge in [0.1, 0.15) is 5.75 Å². The molecule has 0 radical (unpaired) electrons. The van der Waals surface area contributed by atoms with Crippen LogP contribution in [0.15, 0.2) is 60.2 Å². The third-order valence-corrected chi connectivity index (χ3v) is 6.93. The zero-order chi connectivity index (χ0) is 19.2. The molecular weight excluding hydrogens is 330 g/mol. The smallest absolute Gasteiger partial charge is 0.119 e. The van der Waals surface area contributed by atoms with Gasteiger partial charge in [-0.2, -0.15) is 0 Å². The summed E-state index contributed by atoms with van der Waals surface area (Å²) in [5.41, 5.74) is 5.34. The van der Waals surface area contributed by atoms with E-state index in [0.717, 1.165) is 18.6 Å². The van der Waals surface area contributed by atoms with Gasteiger partial charge in [-0.1, -0.05) is 51.2 Å². The minimum atomic E-state index is -0.108. The highest BCUT2D eigenvalue weighted by Gasteiger charge is 2.53. The summed E-state index contributed by atoms with van der Waals surface area (Å²) in [5.74, 6) is 0.935. The topological polar surface area (TPSA) is 12.5 Å². The van der Waals surface area contributed by atoms with E-state index in [1.807, 2.05) is 0 Å². The molecule has 3 aliphatic rings. The molecular formula is C25H31NO. The van der Waals surface area contributed by atoms with Crippen LogP contribution in [0.2, 0.25) is 0 Å². The number of nitrogens with zero attached hydrogens (tertiary/aromatic N) is 1. The molecule has 0 fully saturated rings. The van der Waals surface area contributed by atoms with Crippen molar-refractivity contribution in [1.82, 2.24) is 4.90 Å². The number of allylic oxidation sites excluding steroid dienone is 4. The van der Waals surface area contributed by atoms with E-state index < -0.39 is 0 Å². The number of methoxy groups -OCH3 is 1. The van der Waals surface area contributed by atoms with E-state index >= 15 is 0 Å². The molecule has 0 N–H and O–H groups in total. The lowest BCUT2D eigenvalue weighted by Crippen LogP contribution is -2.63. The minimum absolute atomic E-state index is 0.0521. The molecule has 4 rings (SSSR count). The van der Waals surface area contributed by atoms with Crippen LogP contribution in [-0.2, 0) is 5.41 Å². The molecule has 0 saturated carbocycles. The molecule has 0 spiro atoms. The number of fused-ring (bicyclic) bond motifs is 5. The van der Waals surface area contributed by atoms with Gasteiger partial charge in [0.2, 0.25) is 0 Å². The number of hydrogen-bond donors (Lipinski definition) is 0. The van der Waals surface area contributed by atoms with E-state index in [1.54, 1.807) is 7.11 Å². The molecule has 27 heavy (non-hydrogen) atoms. The summed E-state index contributed by atoms with van der Waals surface area (Å²) in [4.78, 5) is 2.70. The van der Waals surface area contributed by atoms with Crippen LogP contribution in [0.4, 0.5) is 0 Å². The molecule has 2 nitrogen and oxygen atoms in total. The predicted molar refractivity (Wildman–Crippen MR) is 114 cm³/mol. The molecule has 1 aromatic rings. The van der Waals surface area contributed by atoms with E-state index in [9.17, 15) is 0 Å². The van der Waals surface area contributed by atoms with Crippen LogP contribution < -0.4 is 4.74 Å². The first-order valence-corrected chi connectivity index (χ1v) is 10.2. The first-order valence-electron chi connectivity index (χ1n) is 10.2. The fourth-order valence-corrected chi connectivity index (χ4v) is 5.01. The van der Waals surface area contributed by atoms with Crippen molar-refractivity contribution in [2.24, 2.45) is 0 Å². The molecule has 2 unspecified atom stereocenters. The SMILES string of the molecule is CCC=CC1(C)N2C(=CC=C3C=CCCC32)c2ccc(OC)cc2C1(C)C. The second-order valence-corrected chi connectivity index (χ2v) is 8.58. The number of benzene rings is 1. The largest absolute Gasteiger partial charge is 0.497 e. The summed E-state index contributed by atoms with van der Waals surface area (Å²) in [6.45, 7) is 9.41. The first-order chi connectivity index (χ1) is 12.9. The van der Waals surface area contributed by atoms with Gasteiger partial charge in [0.25, 0.3) is 0 Å². The quantitative estimate of drug-likeness (QED) is 0.611. The van der Waals surface area contributed by atoms with E-state index in [0.29, 0.717) is 6.04 Å². The van der Waals surface area contributed by atoms with E-state index in [1.165, 1.54) is 28.8 Å². The maximum Gasteiger partial charge on any atom is 0.119 e. The Balaban J connectivity index is 2.00. The summed E-state index contributed by atoms with van der Waals surface area (Å²) in [7, 11) is 1.75. The Hall–Kier alpha value is -2.22. The molecule has 1 aromatic carbocycles. The van der Waals surface area contributed by atoms with Crippen molar-refractivity contribution >= 4 is 5.70 Å². The lowest BCUT2D eigenvalue weighted by atomic mass is 9.61. The van der Waals surface area contributed by atoms with Gasteiger partial charge in [-0.3, -0.25) is 0 Å². The Kier molecular flexibility index (Phi) is 4.33. The van der Waals surface area contributed by atoms with Gasteiger partial charge >= 0.3 is 0 Å².